The Labute approximate surface area is 97.9 Å². The maximum atomic E-state index is 6.42. The highest BCUT2D eigenvalue weighted by atomic mass is 16.6. The van der Waals surface area contributed by atoms with Crippen molar-refractivity contribution in [1.82, 2.24) is 5.32 Å². The molecule has 3 fully saturated rings. The van der Waals surface area contributed by atoms with E-state index in [0.717, 1.165) is 32.6 Å². The van der Waals surface area contributed by atoms with E-state index in [4.69, 9.17) is 9.47 Å². The van der Waals surface area contributed by atoms with E-state index in [1.165, 1.54) is 12.8 Å². The highest BCUT2D eigenvalue weighted by Crippen LogP contribution is 2.55. The first kappa shape index (κ1) is 11.0. The molecule has 2 unspecified atom stereocenters. The zero-order valence-electron chi connectivity index (χ0n) is 10.4. The maximum Gasteiger partial charge on any atom is 0.143 e. The average molecular weight is 225 g/mol. The lowest BCUT2D eigenvalue weighted by atomic mass is 9.86. The molecule has 3 aliphatic rings. The molecule has 2 aliphatic heterocycles. The topological polar surface area (TPSA) is 30.5 Å². The summed E-state index contributed by atoms with van der Waals surface area (Å²) in [6.45, 7) is 7.32. The monoisotopic (exact) mass is 225 g/mol. The highest BCUT2D eigenvalue weighted by Gasteiger charge is 2.57. The van der Waals surface area contributed by atoms with Crippen molar-refractivity contribution in [3.8, 4) is 0 Å². The van der Waals surface area contributed by atoms with Crippen molar-refractivity contribution >= 4 is 0 Å². The summed E-state index contributed by atoms with van der Waals surface area (Å²) >= 11 is 0. The average Bonchev–Trinajstić information content (AvgIpc) is 3.05. The predicted molar refractivity (Wildman–Crippen MR) is 62.2 cm³/mol. The second-order valence-electron chi connectivity index (χ2n) is 6.15. The summed E-state index contributed by atoms with van der Waals surface area (Å²) in [5, 5.41) is 3.62. The Hall–Kier alpha value is -0.120. The molecule has 3 nitrogen and oxygen atoms in total. The van der Waals surface area contributed by atoms with Gasteiger partial charge in [0, 0.05) is 18.6 Å². The summed E-state index contributed by atoms with van der Waals surface area (Å²) < 4.78 is 12.0. The van der Waals surface area contributed by atoms with Crippen LogP contribution in [0, 0.1) is 11.3 Å². The molecule has 2 saturated heterocycles. The van der Waals surface area contributed by atoms with Gasteiger partial charge in [-0.05, 0) is 31.6 Å². The van der Waals surface area contributed by atoms with E-state index in [9.17, 15) is 0 Å². The van der Waals surface area contributed by atoms with E-state index in [-0.39, 0.29) is 5.72 Å². The third-order valence-electron chi connectivity index (χ3n) is 4.42. The molecule has 1 aliphatic carbocycles. The first-order chi connectivity index (χ1) is 7.66. The van der Waals surface area contributed by atoms with Crippen LogP contribution in [0.4, 0.5) is 0 Å². The van der Waals surface area contributed by atoms with Gasteiger partial charge in [0.1, 0.15) is 5.72 Å². The standard InChI is InChI=1S/C13H23NO2/c1-10(2)11-12(5-6-12)8-14-13(16-11)4-3-7-15-9-13/h10-11,14H,3-9H2,1-2H3. The fourth-order valence-corrected chi connectivity index (χ4v) is 3.31. The Balaban J connectivity index is 1.75. The molecule has 2 atom stereocenters. The first-order valence-electron chi connectivity index (χ1n) is 6.67. The smallest absolute Gasteiger partial charge is 0.143 e. The van der Waals surface area contributed by atoms with Crippen LogP contribution in [0.1, 0.15) is 39.5 Å². The number of hydrogen-bond donors (Lipinski definition) is 1. The minimum absolute atomic E-state index is 0.166. The number of rotatable bonds is 1. The molecule has 3 rings (SSSR count). The molecule has 16 heavy (non-hydrogen) atoms. The van der Waals surface area contributed by atoms with E-state index in [1.54, 1.807) is 0 Å². The van der Waals surface area contributed by atoms with E-state index in [1.807, 2.05) is 0 Å². The van der Waals surface area contributed by atoms with Gasteiger partial charge in [-0.2, -0.15) is 0 Å². The minimum Gasteiger partial charge on any atom is -0.377 e. The molecular weight excluding hydrogens is 202 g/mol. The molecule has 3 heteroatoms. The summed E-state index contributed by atoms with van der Waals surface area (Å²) in [7, 11) is 0. The number of hydrogen-bond acceptors (Lipinski definition) is 3. The minimum atomic E-state index is -0.166. The summed E-state index contributed by atoms with van der Waals surface area (Å²) in [6.07, 6.45) is 5.31. The Morgan fingerprint density at radius 1 is 1.25 bits per heavy atom. The summed E-state index contributed by atoms with van der Waals surface area (Å²) in [5.41, 5.74) is 0.290. The second kappa shape index (κ2) is 3.69. The first-order valence-corrected chi connectivity index (χ1v) is 6.67. The van der Waals surface area contributed by atoms with Crippen molar-refractivity contribution in [3.05, 3.63) is 0 Å². The second-order valence-corrected chi connectivity index (χ2v) is 6.15. The van der Waals surface area contributed by atoms with Crippen LogP contribution in [0.2, 0.25) is 0 Å². The normalized spacial score (nSPS) is 41.8. The van der Waals surface area contributed by atoms with Crippen molar-refractivity contribution in [1.29, 1.82) is 0 Å². The van der Waals surface area contributed by atoms with Gasteiger partial charge < -0.3 is 9.47 Å². The summed E-state index contributed by atoms with van der Waals surface area (Å²) in [4.78, 5) is 0. The SMILES string of the molecule is CC(C)C1OC2(CCCOC2)NCC12CC2. The van der Waals surface area contributed by atoms with Crippen LogP contribution in [0.15, 0.2) is 0 Å². The maximum absolute atomic E-state index is 6.42. The van der Waals surface area contributed by atoms with Crippen LogP contribution >= 0.6 is 0 Å². The molecule has 0 bridgehead atoms. The van der Waals surface area contributed by atoms with Gasteiger partial charge in [-0.1, -0.05) is 13.8 Å². The Bertz CT molecular complexity index is 267. The quantitative estimate of drug-likeness (QED) is 0.739. The van der Waals surface area contributed by atoms with Crippen LogP contribution in [-0.2, 0) is 9.47 Å². The van der Waals surface area contributed by atoms with Crippen LogP contribution in [-0.4, -0.2) is 31.6 Å². The van der Waals surface area contributed by atoms with Gasteiger partial charge in [0.2, 0.25) is 0 Å². The van der Waals surface area contributed by atoms with E-state index >= 15 is 0 Å². The molecule has 0 aromatic carbocycles. The lowest BCUT2D eigenvalue weighted by Crippen LogP contribution is -2.63. The van der Waals surface area contributed by atoms with Gasteiger partial charge in [-0.15, -0.1) is 0 Å². The molecule has 0 aromatic rings. The molecular formula is C13H23NO2. The third kappa shape index (κ3) is 1.69. The van der Waals surface area contributed by atoms with Gasteiger partial charge in [0.15, 0.2) is 0 Å². The molecule has 0 radical (unpaired) electrons. The molecule has 2 heterocycles. The Morgan fingerprint density at radius 3 is 2.62 bits per heavy atom. The Kier molecular flexibility index (Phi) is 2.54. The third-order valence-corrected chi connectivity index (χ3v) is 4.42. The van der Waals surface area contributed by atoms with Crippen LogP contribution < -0.4 is 5.32 Å². The van der Waals surface area contributed by atoms with Crippen molar-refractivity contribution in [3.63, 3.8) is 0 Å². The van der Waals surface area contributed by atoms with Gasteiger partial charge in [-0.3, -0.25) is 5.32 Å². The van der Waals surface area contributed by atoms with Gasteiger partial charge in [-0.25, -0.2) is 0 Å². The van der Waals surface area contributed by atoms with E-state index < -0.39 is 0 Å². The lowest BCUT2D eigenvalue weighted by Gasteiger charge is -2.49. The fourth-order valence-electron chi connectivity index (χ4n) is 3.31. The predicted octanol–water partition coefficient (Wildman–Crippen LogP) is 1.92. The van der Waals surface area contributed by atoms with Crippen LogP contribution in [0.5, 0.6) is 0 Å². The van der Waals surface area contributed by atoms with Crippen molar-refractivity contribution in [2.45, 2.75) is 51.4 Å². The zero-order valence-corrected chi connectivity index (χ0v) is 10.4. The number of nitrogens with one attached hydrogen (secondary N) is 1. The van der Waals surface area contributed by atoms with Crippen molar-refractivity contribution < 1.29 is 9.47 Å². The van der Waals surface area contributed by atoms with Gasteiger partial charge in [0.25, 0.3) is 0 Å². The zero-order chi connectivity index (χ0) is 11.2. The van der Waals surface area contributed by atoms with E-state index in [2.05, 4.69) is 19.2 Å². The fraction of sp³-hybridized carbons (Fsp3) is 1.00. The van der Waals surface area contributed by atoms with E-state index in [0.29, 0.717) is 17.4 Å². The van der Waals surface area contributed by atoms with Gasteiger partial charge >= 0.3 is 0 Å². The van der Waals surface area contributed by atoms with Crippen LogP contribution in [0.3, 0.4) is 0 Å². The largest absolute Gasteiger partial charge is 0.377 e. The molecule has 0 amide bonds. The van der Waals surface area contributed by atoms with Crippen LogP contribution in [0.25, 0.3) is 0 Å². The molecule has 1 N–H and O–H groups in total. The van der Waals surface area contributed by atoms with Crippen molar-refractivity contribution in [2.75, 3.05) is 19.8 Å². The molecule has 0 aromatic heterocycles. The molecule has 92 valence electrons. The Morgan fingerprint density at radius 2 is 2.06 bits per heavy atom. The molecule has 2 spiro atoms. The molecule has 1 saturated carbocycles. The highest BCUT2D eigenvalue weighted by molar-refractivity contribution is 5.07. The van der Waals surface area contributed by atoms with Crippen molar-refractivity contribution in [2.24, 2.45) is 11.3 Å². The van der Waals surface area contributed by atoms with Gasteiger partial charge in [0.05, 0.1) is 12.7 Å². The lowest BCUT2D eigenvalue weighted by molar-refractivity contribution is -0.227. The summed E-state index contributed by atoms with van der Waals surface area (Å²) in [5.74, 6) is 0.614. The summed E-state index contributed by atoms with van der Waals surface area (Å²) in [6, 6.07) is 0. The number of ether oxygens (including phenoxy) is 2.